The second-order valence-corrected chi connectivity index (χ2v) is 3.67. The predicted octanol–water partition coefficient (Wildman–Crippen LogP) is 1.29. The molecule has 1 rings (SSSR count). The van der Waals surface area contributed by atoms with E-state index in [2.05, 4.69) is 22.0 Å². The van der Waals surface area contributed by atoms with E-state index in [0.29, 0.717) is 0 Å². The summed E-state index contributed by atoms with van der Waals surface area (Å²) in [5.41, 5.74) is 6.65. The molecule has 0 aliphatic carbocycles. The summed E-state index contributed by atoms with van der Waals surface area (Å²) < 4.78 is 0. The number of nitrogens with two attached hydrogens (primary N) is 1. The van der Waals surface area contributed by atoms with E-state index in [1.807, 2.05) is 19.1 Å². The SMILES string of the molecule is CCN(CC(C)C(N)=NO)c1ccncc1. The minimum Gasteiger partial charge on any atom is -0.409 e. The van der Waals surface area contributed by atoms with Crippen molar-refractivity contribution in [1.82, 2.24) is 4.98 Å². The average molecular weight is 222 g/mol. The molecule has 0 spiro atoms. The smallest absolute Gasteiger partial charge is 0.143 e. The molecule has 0 radical (unpaired) electrons. The lowest BCUT2D eigenvalue weighted by molar-refractivity contribution is 0.314. The van der Waals surface area contributed by atoms with Gasteiger partial charge in [0.15, 0.2) is 0 Å². The van der Waals surface area contributed by atoms with E-state index in [9.17, 15) is 0 Å². The monoisotopic (exact) mass is 222 g/mol. The molecule has 0 saturated heterocycles. The van der Waals surface area contributed by atoms with E-state index in [1.165, 1.54) is 0 Å². The third kappa shape index (κ3) is 3.12. The maximum Gasteiger partial charge on any atom is 0.143 e. The largest absolute Gasteiger partial charge is 0.409 e. The Balaban J connectivity index is 2.70. The summed E-state index contributed by atoms with van der Waals surface area (Å²) >= 11 is 0. The van der Waals surface area contributed by atoms with Crippen molar-refractivity contribution in [3.63, 3.8) is 0 Å². The number of rotatable bonds is 5. The van der Waals surface area contributed by atoms with Gasteiger partial charge in [0.2, 0.25) is 0 Å². The summed E-state index contributed by atoms with van der Waals surface area (Å²) in [4.78, 5) is 6.13. The third-order valence-corrected chi connectivity index (χ3v) is 2.52. The lowest BCUT2D eigenvalue weighted by atomic mass is 10.1. The van der Waals surface area contributed by atoms with Crippen molar-refractivity contribution in [3.8, 4) is 0 Å². The zero-order chi connectivity index (χ0) is 12.0. The molecule has 1 aromatic heterocycles. The Morgan fingerprint density at radius 3 is 2.69 bits per heavy atom. The highest BCUT2D eigenvalue weighted by molar-refractivity contribution is 5.82. The van der Waals surface area contributed by atoms with Gasteiger partial charge in [0.05, 0.1) is 0 Å². The summed E-state index contributed by atoms with van der Waals surface area (Å²) in [6, 6.07) is 3.89. The summed E-state index contributed by atoms with van der Waals surface area (Å²) in [5.74, 6) is 0.269. The van der Waals surface area contributed by atoms with E-state index in [-0.39, 0.29) is 11.8 Å². The van der Waals surface area contributed by atoms with Crippen LogP contribution in [0.1, 0.15) is 13.8 Å². The number of pyridine rings is 1. The molecule has 1 heterocycles. The van der Waals surface area contributed by atoms with Crippen LogP contribution in [0.3, 0.4) is 0 Å². The average Bonchev–Trinajstić information content (AvgIpc) is 2.35. The van der Waals surface area contributed by atoms with Crippen LogP contribution < -0.4 is 10.6 Å². The molecule has 0 aliphatic heterocycles. The first-order chi connectivity index (χ1) is 7.69. The van der Waals surface area contributed by atoms with Gasteiger partial charge < -0.3 is 15.8 Å². The highest BCUT2D eigenvalue weighted by Crippen LogP contribution is 2.13. The quantitative estimate of drug-likeness (QED) is 0.341. The van der Waals surface area contributed by atoms with Gasteiger partial charge in [-0.3, -0.25) is 4.98 Å². The molecule has 0 bridgehead atoms. The molecule has 0 aliphatic rings. The number of amidine groups is 1. The predicted molar refractivity (Wildman–Crippen MR) is 64.7 cm³/mol. The first-order valence-corrected chi connectivity index (χ1v) is 5.31. The second kappa shape index (κ2) is 5.95. The zero-order valence-electron chi connectivity index (χ0n) is 9.67. The van der Waals surface area contributed by atoms with E-state index in [0.717, 1.165) is 18.8 Å². The Bertz CT molecular complexity index is 339. The molecule has 1 aromatic rings. The second-order valence-electron chi connectivity index (χ2n) is 3.67. The van der Waals surface area contributed by atoms with Crippen molar-refractivity contribution in [2.45, 2.75) is 13.8 Å². The molecule has 0 saturated carbocycles. The van der Waals surface area contributed by atoms with Crippen molar-refractivity contribution >= 4 is 11.5 Å². The Morgan fingerprint density at radius 1 is 1.56 bits per heavy atom. The van der Waals surface area contributed by atoms with Gasteiger partial charge in [-0.15, -0.1) is 0 Å². The number of nitrogens with zero attached hydrogens (tertiary/aromatic N) is 3. The van der Waals surface area contributed by atoms with Crippen LogP contribution in [0.5, 0.6) is 0 Å². The summed E-state index contributed by atoms with van der Waals surface area (Å²) in [6.07, 6.45) is 3.51. The van der Waals surface area contributed by atoms with Crippen molar-refractivity contribution in [2.75, 3.05) is 18.0 Å². The molecule has 0 aromatic carbocycles. The van der Waals surface area contributed by atoms with Crippen LogP contribution in [0.25, 0.3) is 0 Å². The van der Waals surface area contributed by atoms with Crippen LogP contribution in [-0.2, 0) is 0 Å². The molecular formula is C11H18N4O. The van der Waals surface area contributed by atoms with Crippen molar-refractivity contribution in [2.24, 2.45) is 16.8 Å². The highest BCUT2D eigenvalue weighted by atomic mass is 16.4. The lowest BCUT2D eigenvalue weighted by Gasteiger charge is -2.25. The van der Waals surface area contributed by atoms with Gasteiger partial charge >= 0.3 is 0 Å². The third-order valence-electron chi connectivity index (χ3n) is 2.52. The van der Waals surface area contributed by atoms with E-state index < -0.39 is 0 Å². The van der Waals surface area contributed by atoms with Gasteiger partial charge in [-0.2, -0.15) is 0 Å². The van der Waals surface area contributed by atoms with E-state index in [1.54, 1.807) is 12.4 Å². The number of oxime groups is 1. The summed E-state index contributed by atoms with van der Waals surface area (Å²) in [7, 11) is 0. The first kappa shape index (κ1) is 12.3. The van der Waals surface area contributed by atoms with Crippen LogP contribution in [-0.4, -0.2) is 29.1 Å². The molecule has 0 amide bonds. The Hall–Kier alpha value is -1.78. The van der Waals surface area contributed by atoms with Gasteiger partial charge in [-0.25, -0.2) is 0 Å². The number of anilines is 1. The Morgan fingerprint density at radius 2 is 2.19 bits per heavy atom. The minimum atomic E-state index is 0.0121. The van der Waals surface area contributed by atoms with Gasteiger partial charge in [0.25, 0.3) is 0 Å². The van der Waals surface area contributed by atoms with Gasteiger partial charge in [-0.05, 0) is 19.1 Å². The van der Waals surface area contributed by atoms with Crippen LogP contribution in [0.2, 0.25) is 0 Å². The maximum atomic E-state index is 8.60. The minimum absolute atomic E-state index is 0.0121. The molecular weight excluding hydrogens is 204 g/mol. The number of hydrogen-bond acceptors (Lipinski definition) is 4. The first-order valence-electron chi connectivity index (χ1n) is 5.31. The summed E-state index contributed by atoms with van der Waals surface area (Å²) in [5, 5.41) is 11.6. The molecule has 3 N–H and O–H groups in total. The topological polar surface area (TPSA) is 74.7 Å². The lowest BCUT2D eigenvalue weighted by Crippen LogP contribution is -2.34. The summed E-state index contributed by atoms with van der Waals surface area (Å²) in [6.45, 7) is 5.59. The molecule has 16 heavy (non-hydrogen) atoms. The van der Waals surface area contributed by atoms with Crippen molar-refractivity contribution in [3.05, 3.63) is 24.5 Å². The number of aromatic nitrogens is 1. The van der Waals surface area contributed by atoms with Gasteiger partial charge in [0.1, 0.15) is 5.84 Å². The molecule has 1 unspecified atom stereocenters. The normalized spacial score (nSPS) is 13.5. The Kier molecular flexibility index (Phi) is 4.57. The fraction of sp³-hybridized carbons (Fsp3) is 0.455. The Labute approximate surface area is 95.6 Å². The van der Waals surface area contributed by atoms with Crippen LogP contribution in [0.15, 0.2) is 29.7 Å². The highest BCUT2D eigenvalue weighted by Gasteiger charge is 2.12. The van der Waals surface area contributed by atoms with E-state index in [4.69, 9.17) is 10.9 Å². The molecule has 5 heteroatoms. The fourth-order valence-corrected chi connectivity index (χ4v) is 1.49. The molecule has 1 atom stereocenters. The van der Waals surface area contributed by atoms with E-state index >= 15 is 0 Å². The van der Waals surface area contributed by atoms with Crippen LogP contribution >= 0.6 is 0 Å². The zero-order valence-corrected chi connectivity index (χ0v) is 9.67. The molecule has 0 fully saturated rings. The van der Waals surface area contributed by atoms with Gasteiger partial charge in [0, 0.05) is 37.1 Å². The van der Waals surface area contributed by atoms with Crippen molar-refractivity contribution in [1.29, 1.82) is 0 Å². The molecule has 5 nitrogen and oxygen atoms in total. The van der Waals surface area contributed by atoms with Crippen LogP contribution in [0.4, 0.5) is 5.69 Å². The maximum absolute atomic E-state index is 8.60. The van der Waals surface area contributed by atoms with Crippen LogP contribution in [0, 0.1) is 5.92 Å². The standard InChI is InChI=1S/C11H18N4O/c1-3-15(8-9(2)11(12)14-16)10-4-6-13-7-5-10/h4-7,9,16H,3,8H2,1-2H3,(H2,12,14). The fourth-order valence-electron chi connectivity index (χ4n) is 1.49. The van der Waals surface area contributed by atoms with Crippen molar-refractivity contribution < 1.29 is 5.21 Å². The van der Waals surface area contributed by atoms with Gasteiger partial charge in [-0.1, -0.05) is 12.1 Å². The number of hydrogen-bond donors (Lipinski definition) is 2. The molecule has 88 valence electrons.